The van der Waals surface area contributed by atoms with Gasteiger partial charge in [-0.25, -0.2) is 4.98 Å². The number of pyridine rings is 1. The van der Waals surface area contributed by atoms with Crippen molar-refractivity contribution in [2.75, 3.05) is 18.0 Å². The minimum atomic E-state index is -0.469. The topological polar surface area (TPSA) is 66.2 Å². The summed E-state index contributed by atoms with van der Waals surface area (Å²) in [7, 11) is 0. The van der Waals surface area contributed by atoms with Gasteiger partial charge in [0.1, 0.15) is 18.0 Å². The van der Waals surface area contributed by atoms with Crippen LogP contribution in [0.3, 0.4) is 0 Å². The van der Waals surface area contributed by atoms with Crippen LogP contribution in [0.2, 0.25) is 0 Å². The number of anilines is 1. The fourth-order valence-electron chi connectivity index (χ4n) is 2.38. The maximum absolute atomic E-state index is 11.9. The monoisotopic (exact) mass is 301 g/mol. The predicted molar refractivity (Wildman–Crippen MR) is 84.5 cm³/mol. The zero-order valence-corrected chi connectivity index (χ0v) is 13.7. The number of aryl methyl sites for hydroxylation is 1. The third-order valence-electron chi connectivity index (χ3n) is 3.76. The Labute approximate surface area is 131 Å². The molecular formula is C17H23N3O2. The first kappa shape index (κ1) is 16.3. The summed E-state index contributed by atoms with van der Waals surface area (Å²) in [6.45, 7) is 8.99. The molecule has 0 atom stereocenters. The van der Waals surface area contributed by atoms with Crippen LogP contribution >= 0.6 is 0 Å². The lowest BCUT2D eigenvalue weighted by molar-refractivity contribution is -0.159. The van der Waals surface area contributed by atoms with Gasteiger partial charge in [0, 0.05) is 31.6 Å². The third-order valence-corrected chi connectivity index (χ3v) is 3.76. The minimum absolute atomic E-state index is 0.0432. The van der Waals surface area contributed by atoms with E-state index >= 15 is 0 Å². The number of aromatic nitrogens is 1. The van der Waals surface area contributed by atoms with Crippen molar-refractivity contribution in [3.8, 4) is 6.07 Å². The first-order chi connectivity index (χ1) is 10.3. The quantitative estimate of drug-likeness (QED) is 0.786. The molecule has 0 N–H and O–H groups in total. The van der Waals surface area contributed by atoms with Crippen LogP contribution in [0.5, 0.6) is 0 Å². The smallest absolute Gasteiger partial charge is 0.311 e. The second kappa shape index (κ2) is 6.35. The standard InChI is InChI=1S/C17H23N3O2/c1-12-5-6-13(11-18)15(19-12)20-9-7-14(8-10-20)22-16(21)17(2,3)4/h5-6,14H,7-10H2,1-4H3. The van der Waals surface area contributed by atoms with Crippen molar-refractivity contribution in [2.24, 2.45) is 5.41 Å². The summed E-state index contributed by atoms with van der Waals surface area (Å²) in [4.78, 5) is 18.5. The van der Waals surface area contributed by atoms with Gasteiger partial charge in [-0.05, 0) is 39.8 Å². The number of hydrogen-bond donors (Lipinski definition) is 0. The van der Waals surface area contributed by atoms with Crippen LogP contribution in [0.15, 0.2) is 12.1 Å². The van der Waals surface area contributed by atoms with Crippen LogP contribution in [-0.4, -0.2) is 30.1 Å². The molecule has 1 aromatic rings. The molecule has 22 heavy (non-hydrogen) atoms. The number of piperidine rings is 1. The van der Waals surface area contributed by atoms with E-state index in [0.717, 1.165) is 37.4 Å². The largest absolute Gasteiger partial charge is 0.462 e. The summed E-state index contributed by atoms with van der Waals surface area (Å²) in [5.41, 5.74) is 1.02. The maximum atomic E-state index is 11.9. The summed E-state index contributed by atoms with van der Waals surface area (Å²) in [6, 6.07) is 5.85. The second-order valence-corrected chi connectivity index (χ2v) is 6.78. The first-order valence-corrected chi connectivity index (χ1v) is 7.65. The first-order valence-electron chi connectivity index (χ1n) is 7.65. The van der Waals surface area contributed by atoms with Crippen molar-refractivity contribution in [1.29, 1.82) is 5.26 Å². The molecule has 0 unspecified atom stereocenters. The zero-order valence-electron chi connectivity index (χ0n) is 13.7. The number of esters is 1. The van der Waals surface area contributed by atoms with Crippen molar-refractivity contribution in [3.63, 3.8) is 0 Å². The van der Waals surface area contributed by atoms with Gasteiger partial charge in [-0.15, -0.1) is 0 Å². The Hall–Kier alpha value is -2.09. The Kier molecular flexibility index (Phi) is 4.70. The number of carbonyl (C=O) groups excluding carboxylic acids is 1. The van der Waals surface area contributed by atoms with E-state index in [1.54, 1.807) is 0 Å². The van der Waals surface area contributed by atoms with E-state index < -0.39 is 5.41 Å². The summed E-state index contributed by atoms with van der Waals surface area (Å²) < 4.78 is 5.57. The third kappa shape index (κ3) is 3.76. The van der Waals surface area contributed by atoms with E-state index in [1.165, 1.54) is 0 Å². The lowest BCUT2D eigenvalue weighted by Crippen LogP contribution is -2.40. The Morgan fingerprint density at radius 2 is 2.00 bits per heavy atom. The molecule has 0 spiro atoms. The minimum Gasteiger partial charge on any atom is -0.462 e. The van der Waals surface area contributed by atoms with E-state index in [4.69, 9.17) is 4.74 Å². The van der Waals surface area contributed by atoms with Crippen molar-refractivity contribution in [2.45, 2.75) is 46.6 Å². The van der Waals surface area contributed by atoms with Crippen molar-refractivity contribution < 1.29 is 9.53 Å². The number of hydrogen-bond acceptors (Lipinski definition) is 5. The van der Waals surface area contributed by atoms with Gasteiger partial charge in [0.25, 0.3) is 0 Å². The van der Waals surface area contributed by atoms with Crippen LogP contribution in [-0.2, 0) is 9.53 Å². The lowest BCUT2D eigenvalue weighted by atomic mass is 9.97. The molecule has 0 bridgehead atoms. The molecule has 0 aromatic carbocycles. The fourth-order valence-corrected chi connectivity index (χ4v) is 2.38. The maximum Gasteiger partial charge on any atom is 0.311 e. The zero-order chi connectivity index (χ0) is 16.3. The molecule has 2 heterocycles. The van der Waals surface area contributed by atoms with Gasteiger partial charge in [0.2, 0.25) is 0 Å². The fraction of sp³-hybridized carbons (Fsp3) is 0.588. The predicted octanol–water partition coefficient (Wildman–Crippen LogP) is 2.82. The number of carbonyl (C=O) groups is 1. The molecule has 2 rings (SSSR count). The molecule has 118 valence electrons. The molecule has 1 saturated heterocycles. The van der Waals surface area contributed by atoms with Crippen LogP contribution in [0.25, 0.3) is 0 Å². The van der Waals surface area contributed by atoms with Gasteiger partial charge in [-0.2, -0.15) is 5.26 Å². The van der Waals surface area contributed by atoms with E-state index in [2.05, 4.69) is 16.0 Å². The number of nitrogens with zero attached hydrogens (tertiary/aromatic N) is 3. The Morgan fingerprint density at radius 1 is 1.36 bits per heavy atom. The summed E-state index contributed by atoms with van der Waals surface area (Å²) in [5.74, 6) is 0.584. The molecule has 5 heteroatoms. The molecule has 5 nitrogen and oxygen atoms in total. The highest BCUT2D eigenvalue weighted by Crippen LogP contribution is 2.25. The normalized spacial score (nSPS) is 16.2. The highest BCUT2D eigenvalue weighted by atomic mass is 16.5. The molecule has 0 radical (unpaired) electrons. The van der Waals surface area contributed by atoms with Crippen molar-refractivity contribution in [1.82, 2.24) is 4.98 Å². The van der Waals surface area contributed by atoms with E-state index in [0.29, 0.717) is 5.56 Å². The van der Waals surface area contributed by atoms with Gasteiger partial charge in [-0.3, -0.25) is 4.79 Å². The highest BCUT2D eigenvalue weighted by molar-refractivity contribution is 5.75. The molecular weight excluding hydrogens is 278 g/mol. The second-order valence-electron chi connectivity index (χ2n) is 6.78. The van der Waals surface area contributed by atoms with Crippen LogP contribution in [0.1, 0.15) is 44.9 Å². The molecule has 1 fully saturated rings. The molecule has 0 aliphatic carbocycles. The summed E-state index contributed by atoms with van der Waals surface area (Å²) in [5, 5.41) is 9.21. The van der Waals surface area contributed by atoms with E-state index in [-0.39, 0.29) is 12.1 Å². The van der Waals surface area contributed by atoms with Crippen molar-refractivity contribution in [3.05, 3.63) is 23.4 Å². The van der Waals surface area contributed by atoms with Gasteiger partial charge in [0.05, 0.1) is 11.0 Å². The molecule has 1 aliphatic heterocycles. The van der Waals surface area contributed by atoms with Crippen LogP contribution < -0.4 is 4.90 Å². The van der Waals surface area contributed by atoms with Crippen molar-refractivity contribution >= 4 is 11.8 Å². The lowest BCUT2D eigenvalue weighted by Gasteiger charge is -2.34. The van der Waals surface area contributed by atoms with Crippen LogP contribution in [0, 0.1) is 23.7 Å². The SMILES string of the molecule is Cc1ccc(C#N)c(N2CCC(OC(=O)C(C)(C)C)CC2)n1. The molecule has 0 amide bonds. The molecule has 0 saturated carbocycles. The van der Waals surface area contributed by atoms with E-state index in [1.807, 2.05) is 39.8 Å². The Morgan fingerprint density at radius 3 is 2.55 bits per heavy atom. The summed E-state index contributed by atoms with van der Waals surface area (Å²) in [6.07, 6.45) is 1.49. The molecule has 1 aliphatic rings. The molecule has 1 aromatic heterocycles. The average molecular weight is 301 g/mol. The Bertz CT molecular complexity index is 591. The number of nitriles is 1. The Balaban J connectivity index is 2.00. The van der Waals surface area contributed by atoms with Gasteiger partial charge < -0.3 is 9.64 Å². The number of rotatable bonds is 2. The van der Waals surface area contributed by atoms with Gasteiger partial charge in [0.15, 0.2) is 0 Å². The highest BCUT2D eigenvalue weighted by Gasteiger charge is 2.29. The summed E-state index contributed by atoms with van der Waals surface area (Å²) >= 11 is 0. The van der Waals surface area contributed by atoms with Crippen LogP contribution in [0.4, 0.5) is 5.82 Å². The van der Waals surface area contributed by atoms with Gasteiger partial charge >= 0.3 is 5.97 Å². The van der Waals surface area contributed by atoms with E-state index in [9.17, 15) is 10.1 Å². The number of ether oxygens (including phenoxy) is 1. The average Bonchev–Trinajstić information content (AvgIpc) is 2.47. The van der Waals surface area contributed by atoms with Gasteiger partial charge in [-0.1, -0.05) is 0 Å².